The summed E-state index contributed by atoms with van der Waals surface area (Å²) in [5.74, 6) is -0.0650. The Labute approximate surface area is 101 Å². The minimum Gasteiger partial charge on any atom is -0.356 e. The Morgan fingerprint density at radius 3 is 3.00 bits per heavy atom. The Hall–Kier alpha value is -0.920. The highest BCUT2D eigenvalue weighted by molar-refractivity contribution is 14.1. The third-order valence-corrected chi connectivity index (χ3v) is 2.35. The third-order valence-electron chi connectivity index (χ3n) is 1.76. The average molecular weight is 321 g/mol. The van der Waals surface area contributed by atoms with Crippen LogP contribution < -0.4 is 10.9 Å². The van der Waals surface area contributed by atoms with Crippen molar-refractivity contribution >= 4 is 28.5 Å². The maximum atomic E-state index is 11.4. The Balaban J connectivity index is 2.58. The zero-order valence-corrected chi connectivity index (χ0v) is 10.5. The van der Waals surface area contributed by atoms with Crippen LogP contribution in [0.1, 0.15) is 13.3 Å². The van der Waals surface area contributed by atoms with Gasteiger partial charge in [0.15, 0.2) is 0 Å². The topological polar surface area (TPSA) is 64.0 Å². The second kappa shape index (κ2) is 5.84. The lowest BCUT2D eigenvalue weighted by molar-refractivity contribution is -0.121. The number of aryl methyl sites for hydroxylation is 1. The average Bonchev–Trinajstić information content (AvgIpc) is 2.17. The zero-order valence-electron chi connectivity index (χ0n) is 8.36. The summed E-state index contributed by atoms with van der Waals surface area (Å²) in [6.07, 6.45) is 1.88. The molecule has 0 atom stereocenters. The van der Waals surface area contributed by atoms with Crippen LogP contribution in [-0.2, 0) is 11.3 Å². The quantitative estimate of drug-likeness (QED) is 0.815. The van der Waals surface area contributed by atoms with Gasteiger partial charge in [0, 0.05) is 22.6 Å². The molecule has 82 valence electrons. The lowest BCUT2D eigenvalue weighted by Crippen LogP contribution is -2.28. The van der Waals surface area contributed by atoms with Crippen LogP contribution in [0, 0.1) is 3.57 Å². The van der Waals surface area contributed by atoms with Crippen molar-refractivity contribution < 1.29 is 4.79 Å². The standard InChI is InChI=1S/C9H12IN3O2/c1-2-11-8(14)3-4-13-9(15)5-7(10)6-12-13/h5-6H,2-4H2,1H3,(H,11,14). The molecular weight excluding hydrogens is 309 g/mol. The van der Waals surface area contributed by atoms with Gasteiger partial charge in [-0.25, -0.2) is 4.68 Å². The number of hydrogen-bond acceptors (Lipinski definition) is 3. The van der Waals surface area contributed by atoms with Crippen molar-refractivity contribution in [3.05, 3.63) is 26.2 Å². The Morgan fingerprint density at radius 2 is 2.40 bits per heavy atom. The first-order valence-electron chi connectivity index (χ1n) is 4.63. The van der Waals surface area contributed by atoms with E-state index in [1.807, 2.05) is 29.5 Å². The molecule has 6 heteroatoms. The van der Waals surface area contributed by atoms with E-state index in [0.29, 0.717) is 13.1 Å². The second-order valence-electron chi connectivity index (χ2n) is 2.94. The van der Waals surface area contributed by atoms with Crippen molar-refractivity contribution in [2.45, 2.75) is 19.9 Å². The SMILES string of the molecule is CCNC(=O)CCn1ncc(I)cc1=O. The highest BCUT2D eigenvalue weighted by atomic mass is 127. The fraction of sp³-hybridized carbons (Fsp3) is 0.444. The molecule has 0 bridgehead atoms. The molecule has 0 aliphatic heterocycles. The fourth-order valence-corrected chi connectivity index (χ4v) is 1.46. The van der Waals surface area contributed by atoms with E-state index in [0.717, 1.165) is 3.57 Å². The molecule has 0 aliphatic rings. The van der Waals surface area contributed by atoms with E-state index in [-0.39, 0.29) is 17.9 Å². The van der Waals surface area contributed by atoms with Crippen LogP contribution in [0.5, 0.6) is 0 Å². The van der Waals surface area contributed by atoms with Crippen LogP contribution >= 0.6 is 22.6 Å². The van der Waals surface area contributed by atoms with Gasteiger partial charge in [0.25, 0.3) is 5.56 Å². The number of carbonyl (C=O) groups excluding carboxylic acids is 1. The predicted molar refractivity (Wildman–Crippen MR) is 64.5 cm³/mol. The van der Waals surface area contributed by atoms with Crippen molar-refractivity contribution in [3.63, 3.8) is 0 Å². The number of nitrogens with zero attached hydrogens (tertiary/aromatic N) is 2. The molecule has 0 radical (unpaired) electrons. The lowest BCUT2D eigenvalue weighted by atomic mass is 10.4. The molecule has 0 fully saturated rings. The largest absolute Gasteiger partial charge is 0.356 e. The molecule has 0 aromatic carbocycles. The molecule has 0 unspecified atom stereocenters. The summed E-state index contributed by atoms with van der Waals surface area (Å²) in [5.41, 5.74) is -0.175. The van der Waals surface area contributed by atoms with Gasteiger partial charge in [-0.3, -0.25) is 9.59 Å². The van der Waals surface area contributed by atoms with Gasteiger partial charge in [-0.05, 0) is 29.5 Å². The number of rotatable bonds is 4. The van der Waals surface area contributed by atoms with E-state index < -0.39 is 0 Å². The first-order chi connectivity index (χ1) is 7.13. The van der Waals surface area contributed by atoms with Gasteiger partial charge in [0.05, 0.1) is 12.7 Å². The molecule has 0 aliphatic carbocycles. The van der Waals surface area contributed by atoms with Crippen molar-refractivity contribution in [3.8, 4) is 0 Å². The summed E-state index contributed by atoms with van der Waals surface area (Å²) in [5, 5.41) is 6.59. The molecular formula is C9H12IN3O2. The van der Waals surface area contributed by atoms with Crippen molar-refractivity contribution in [1.29, 1.82) is 0 Å². The molecule has 15 heavy (non-hydrogen) atoms. The van der Waals surface area contributed by atoms with Gasteiger partial charge in [0.1, 0.15) is 0 Å². The van der Waals surface area contributed by atoms with E-state index in [4.69, 9.17) is 0 Å². The van der Waals surface area contributed by atoms with Crippen molar-refractivity contribution in [2.75, 3.05) is 6.54 Å². The van der Waals surface area contributed by atoms with Crippen LogP contribution in [-0.4, -0.2) is 22.2 Å². The van der Waals surface area contributed by atoms with E-state index in [1.165, 1.54) is 10.7 Å². The minimum absolute atomic E-state index is 0.0650. The number of halogens is 1. The Bertz CT molecular complexity index is 403. The summed E-state index contributed by atoms with van der Waals surface area (Å²) in [4.78, 5) is 22.5. The van der Waals surface area contributed by atoms with E-state index in [2.05, 4.69) is 10.4 Å². The summed E-state index contributed by atoms with van der Waals surface area (Å²) < 4.78 is 2.09. The van der Waals surface area contributed by atoms with Gasteiger partial charge >= 0.3 is 0 Å². The maximum Gasteiger partial charge on any atom is 0.267 e. The minimum atomic E-state index is -0.175. The molecule has 1 rings (SSSR count). The highest BCUT2D eigenvalue weighted by Gasteiger charge is 2.02. The second-order valence-corrected chi connectivity index (χ2v) is 4.18. The molecule has 1 amide bonds. The van der Waals surface area contributed by atoms with Crippen molar-refractivity contribution in [2.24, 2.45) is 0 Å². The van der Waals surface area contributed by atoms with Crippen molar-refractivity contribution in [1.82, 2.24) is 15.1 Å². The monoisotopic (exact) mass is 321 g/mol. The molecule has 0 saturated carbocycles. The van der Waals surface area contributed by atoms with Gasteiger partial charge in [-0.1, -0.05) is 0 Å². The summed E-state index contributed by atoms with van der Waals surface area (Å²) in [7, 11) is 0. The Morgan fingerprint density at radius 1 is 1.67 bits per heavy atom. The number of carbonyl (C=O) groups is 1. The molecule has 0 spiro atoms. The van der Waals surface area contributed by atoms with Gasteiger partial charge < -0.3 is 5.32 Å². The van der Waals surface area contributed by atoms with Crippen LogP contribution in [0.2, 0.25) is 0 Å². The number of hydrogen-bond donors (Lipinski definition) is 1. The summed E-state index contributed by atoms with van der Waals surface area (Å²) in [6.45, 7) is 2.78. The van der Waals surface area contributed by atoms with Crippen LogP contribution in [0.3, 0.4) is 0 Å². The van der Waals surface area contributed by atoms with Crippen LogP contribution in [0.25, 0.3) is 0 Å². The number of aromatic nitrogens is 2. The number of amides is 1. The smallest absolute Gasteiger partial charge is 0.267 e. The first-order valence-corrected chi connectivity index (χ1v) is 5.70. The highest BCUT2D eigenvalue weighted by Crippen LogP contribution is 1.96. The van der Waals surface area contributed by atoms with Gasteiger partial charge in [-0.2, -0.15) is 5.10 Å². The fourth-order valence-electron chi connectivity index (χ4n) is 1.07. The van der Waals surface area contributed by atoms with Gasteiger partial charge in [0.2, 0.25) is 5.91 Å². The Kier molecular flexibility index (Phi) is 4.73. The molecule has 1 aromatic rings. The van der Waals surface area contributed by atoms with E-state index in [9.17, 15) is 9.59 Å². The lowest BCUT2D eigenvalue weighted by Gasteiger charge is -2.04. The predicted octanol–water partition coefficient (Wildman–Crippen LogP) is 0.374. The molecule has 0 saturated heterocycles. The van der Waals surface area contributed by atoms with E-state index in [1.54, 1.807) is 6.20 Å². The third kappa shape index (κ3) is 3.98. The summed E-state index contributed by atoms with van der Waals surface area (Å²) in [6, 6.07) is 1.49. The molecule has 1 heterocycles. The first kappa shape index (κ1) is 12.2. The van der Waals surface area contributed by atoms with Gasteiger partial charge in [-0.15, -0.1) is 0 Å². The molecule has 5 nitrogen and oxygen atoms in total. The van der Waals surface area contributed by atoms with Crippen LogP contribution in [0.15, 0.2) is 17.1 Å². The molecule has 1 N–H and O–H groups in total. The maximum absolute atomic E-state index is 11.4. The zero-order chi connectivity index (χ0) is 11.3. The normalized spacial score (nSPS) is 10.0. The summed E-state index contributed by atoms with van der Waals surface area (Å²) >= 11 is 2.02. The van der Waals surface area contributed by atoms with E-state index >= 15 is 0 Å². The molecule has 1 aromatic heterocycles. The van der Waals surface area contributed by atoms with Crippen LogP contribution in [0.4, 0.5) is 0 Å². The number of nitrogens with one attached hydrogen (secondary N) is 1.